The van der Waals surface area contributed by atoms with Gasteiger partial charge in [-0.2, -0.15) is 0 Å². The number of amides is 1. The molecule has 18 heavy (non-hydrogen) atoms. The summed E-state index contributed by atoms with van der Waals surface area (Å²) in [5.74, 6) is -0.309. The van der Waals surface area contributed by atoms with E-state index in [1.54, 1.807) is 18.2 Å². The Bertz CT molecular complexity index is 527. The molecule has 1 aromatic carbocycles. The third-order valence-electron chi connectivity index (χ3n) is 3.54. The van der Waals surface area contributed by atoms with Crippen molar-refractivity contribution >= 4 is 23.3 Å². The summed E-state index contributed by atoms with van der Waals surface area (Å²) in [5.41, 5.74) is 2.20. The molecule has 1 aromatic rings. The number of fused-ring (bicyclic) bond motifs is 3. The van der Waals surface area contributed by atoms with Gasteiger partial charge in [-0.05, 0) is 31.0 Å². The molecule has 1 amide bonds. The van der Waals surface area contributed by atoms with Crippen molar-refractivity contribution < 1.29 is 14.3 Å². The summed E-state index contributed by atoms with van der Waals surface area (Å²) in [7, 11) is 1.36. The van der Waals surface area contributed by atoms with Crippen LogP contribution in [0, 0.1) is 0 Å². The van der Waals surface area contributed by atoms with E-state index < -0.39 is 0 Å². The average molecular weight is 246 g/mol. The molecule has 5 nitrogen and oxygen atoms in total. The number of hydrogen-bond donors (Lipinski definition) is 1. The van der Waals surface area contributed by atoms with Gasteiger partial charge in [-0.3, -0.25) is 4.79 Å². The lowest BCUT2D eigenvalue weighted by molar-refractivity contribution is -0.117. The van der Waals surface area contributed by atoms with E-state index in [2.05, 4.69) is 10.2 Å². The molecule has 0 aliphatic carbocycles. The van der Waals surface area contributed by atoms with Gasteiger partial charge in [-0.1, -0.05) is 0 Å². The lowest BCUT2D eigenvalue weighted by Gasteiger charge is -2.33. The maximum Gasteiger partial charge on any atom is 0.337 e. The van der Waals surface area contributed by atoms with Crippen LogP contribution in [0.2, 0.25) is 0 Å². The van der Waals surface area contributed by atoms with Crippen LogP contribution in [0.5, 0.6) is 0 Å². The molecule has 0 bridgehead atoms. The van der Waals surface area contributed by atoms with E-state index in [1.807, 2.05) is 0 Å². The largest absolute Gasteiger partial charge is 0.465 e. The average Bonchev–Trinajstić information content (AvgIpc) is 2.88. The van der Waals surface area contributed by atoms with Gasteiger partial charge in [0.1, 0.15) is 6.04 Å². The number of esters is 1. The highest BCUT2D eigenvalue weighted by atomic mass is 16.5. The fourth-order valence-electron chi connectivity index (χ4n) is 2.66. The molecule has 2 heterocycles. The van der Waals surface area contributed by atoms with Crippen molar-refractivity contribution in [1.82, 2.24) is 0 Å². The molecule has 94 valence electrons. The molecule has 2 aliphatic rings. The van der Waals surface area contributed by atoms with Crippen molar-refractivity contribution in [3.63, 3.8) is 0 Å². The van der Waals surface area contributed by atoms with Crippen LogP contribution >= 0.6 is 0 Å². The van der Waals surface area contributed by atoms with Gasteiger partial charge < -0.3 is 15.0 Å². The van der Waals surface area contributed by atoms with Crippen LogP contribution in [0.4, 0.5) is 11.4 Å². The third-order valence-corrected chi connectivity index (χ3v) is 3.54. The molecule has 0 spiro atoms. The molecule has 1 N–H and O–H groups in total. The number of carbonyl (C=O) groups is 2. The minimum absolute atomic E-state index is 0.0471. The van der Waals surface area contributed by atoms with Crippen LogP contribution in [0.3, 0.4) is 0 Å². The van der Waals surface area contributed by atoms with E-state index in [0.717, 1.165) is 30.8 Å². The zero-order valence-corrected chi connectivity index (χ0v) is 10.1. The SMILES string of the molecule is COC(=O)c1ccc2c(c1)N1CCC[C@H]1C(=O)N2. The van der Waals surface area contributed by atoms with E-state index in [1.165, 1.54) is 7.11 Å². The Hall–Kier alpha value is -2.04. The molecule has 1 atom stereocenters. The highest BCUT2D eigenvalue weighted by Gasteiger charge is 2.36. The van der Waals surface area contributed by atoms with Crippen molar-refractivity contribution in [3.05, 3.63) is 23.8 Å². The summed E-state index contributed by atoms with van der Waals surface area (Å²) in [6.07, 6.45) is 1.87. The molecule has 5 heteroatoms. The first-order valence-electron chi connectivity index (χ1n) is 6.00. The summed E-state index contributed by atoms with van der Waals surface area (Å²) in [4.78, 5) is 25.5. The molecular formula is C13H14N2O3. The third kappa shape index (κ3) is 1.54. The smallest absolute Gasteiger partial charge is 0.337 e. The molecule has 3 rings (SSSR count). The second-order valence-corrected chi connectivity index (χ2v) is 4.56. The quantitative estimate of drug-likeness (QED) is 0.761. The van der Waals surface area contributed by atoms with E-state index in [4.69, 9.17) is 4.74 Å². The second-order valence-electron chi connectivity index (χ2n) is 4.56. The number of nitrogens with zero attached hydrogens (tertiary/aromatic N) is 1. The fraction of sp³-hybridized carbons (Fsp3) is 0.385. The van der Waals surface area contributed by atoms with Crippen molar-refractivity contribution in [1.29, 1.82) is 0 Å². The standard InChI is InChI=1S/C13H14N2O3/c1-18-13(17)8-4-5-9-11(7-8)15-6-2-3-10(15)12(16)14-9/h4-5,7,10H,2-3,6H2,1H3,(H,14,16)/t10-/m0/s1. The molecule has 0 radical (unpaired) electrons. The Balaban J connectivity index is 2.05. The highest BCUT2D eigenvalue weighted by molar-refractivity contribution is 6.05. The first-order valence-corrected chi connectivity index (χ1v) is 6.00. The minimum Gasteiger partial charge on any atom is -0.465 e. The Kier molecular flexibility index (Phi) is 2.47. The Labute approximate surface area is 105 Å². The number of anilines is 2. The Morgan fingerprint density at radius 3 is 3.11 bits per heavy atom. The van der Waals surface area contributed by atoms with Crippen molar-refractivity contribution in [2.45, 2.75) is 18.9 Å². The first-order chi connectivity index (χ1) is 8.70. The van der Waals surface area contributed by atoms with Crippen LogP contribution in [-0.4, -0.2) is 31.6 Å². The van der Waals surface area contributed by atoms with E-state index >= 15 is 0 Å². The molecule has 2 aliphatic heterocycles. The highest BCUT2D eigenvalue weighted by Crippen LogP contribution is 2.37. The van der Waals surface area contributed by atoms with Crippen molar-refractivity contribution in [3.8, 4) is 0 Å². The van der Waals surface area contributed by atoms with Gasteiger partial charge in [-0.25, -0.2) is 4.79 Å². The summed E-state index contributed by atoms with van der Waals surface area (Å²) < 4.78 is 4.71. The van der Waals surface area contributed by atoms with Gasteiger partial charge in [-0.15, -0.1) is 0 Å². The first kappa shape index (κ1) is 11.1. The Morgan fingerprint density at radius 2 is 2.33 bits per heavy atom. The topological polar surface area (TPSA) is 58.6 Å². The molecule has 0 unspecified atom stereocenters. The fourth-order valence-corrected chi connectivity index (χ4v) is 2.66. The van der Waals surface area contributed by atoms with E-state index in [-0.39, 0.29) is 17.9 Å². The predicted molar refractivity (Wildman–Crippen MR) is 66.8 cm³/mol. The van der Waals surface area contributed by atoms with E-state index in [0.29, 0.717) is 5.56 Å². The zero-order chi connectivity index (χ0) is 12.7. The predicted octanol–water partition coefficient (Wildman–Crippen LogP) is 1.39. The van der Waals surface area contributed by atoms with Gasteiger partial charge in [0.25, 0.3) is 0 Å². The molecular weight excluding hydrogens is 232 g/mol. The maximum atomic E-state index is 11.9. The molecule has 1 saturated heterocycles. The van der Waals surface area contributed by atoms with Crippen LogP contribution in [0.15, 0.2) is 18.2 Å². The normalized spacial score (nSPS) is 21.1. The van der Waals surface area contributed by atoms with Gasteiger partial charge in [0.2, 0.25) is 5.91 Å². The number of methoxy groups -OCH3 is 1. The van der Waals surface area contributed by atoms with Gasteiger partial charge in [0.15, 0.2) is 0 Å². The van der Waals surface area contributed by atoms with Crippen LogP contribution in [-0.2, 0) is 9.53 Å². The van der Waals surface area contributed by atoms with Crippen LogP contribution in [0.25, 0.3) is 0 Å². The van der Waals surface area contributed by atoms with Crippen LogP contribution < -0.4 is 10.2 Å². The lowest BCUT2D eigenvalue weighted by atomic mass is 10.1. The van der Waals surface area contributed by atoms with Gasteiger partial charge in [0.05, 0.1) is 24.0 Å². The summed E-state index contributed by atoms with van der Waals surface area (Å²) in [6.45, 7) is 0.857. The Morgan fingerprint density at radius 1 is 1.50 bits per heavy atom. The van der Waals surface area contributed by atoms with Gasteiger partial charge >= 0.3 is 5.97 Å². The number of nitrogens with one attached hydrogen (secondary N) is 1. The minimum atomic E-state index is -0.356. The number of ether oxygens (including phenoxy) is 1. The number of hydrogen-bond acceptors (Lipinski definition) is 4. The lowest BCUT2D eigenvalue weighted by Crippen LogP contribution is -2.43. The van der Waals surface area contributed by atoms with E-state index in [9.17, 15) is 9.59 Å². The second kappa shape index (κ2) is 4.01. The zero-order valence-electron chi connectivity index (χ0n) is 10.1. The van der Waals surface area contributed by atoms with Gasteiger partial charge in [0, 0.05) is 6.54 Å². The maximum absolute atomic E-state index is 11.9. The summed E-state index contributed by atoms with van der Waals surface area (Å²) in [5, 5.41) is 2.88. The molecule has 0 saturated carbocycles. The number of benzene rings is 1. The number of rotatable bonds is 1. The van der Waals surface area contributed by atoms with Crippen molar-refractivity contribution in [2.24, 2.45) is 0 Å². The molecule has 1 fully saturated rings. The number of carbonyl (C=O) groups excluding carboxylic acids is 2. The van der Waals surface area contributed by atoms with Crippen LogP contribution in [0.1, 0.15) is 23.2 Å². The monoisotopic (exact) mass is 246 g/mol. The molecule has 0 aromatic heterocycles. The summed E-state index contributed by atoms with van der Waals surface area (Å²) >= 11 is 0. The summed E-state index contributed by atoms with van der Waals surface area (Å²) in [6, 6.07) is 5.12. The van der Waals surface area contributed by atoms with Crippen molar-refractivity contribution in [2.75, 3.05) is 23.9 Å².